The number of hydrogen-bond donors (Lipinski definition) is 1. The van der Waals surface area contributed by atoms with Gasteiger partial charge >= 0.3 is 0 Å². The quantitative estimate of drug-likeness (QED) is 0.903. The minimum Gasteiger partial charge on any atom is -0.371 e. The van der Waals surface area contributed by atoms with Crippen LogP contribution in [0.4, 0.5) is 0 Å². The summed E-state index contributed by atoms with van der Waals surface area (Å²) in [6.45, 7) is 6.36. The third kappa shape index (κ3) is 3.56. The average Bonchev–Trinajstić information content (AvgIpc) is 2.50. The molecule has 2 fully saturated rings. The molecule has 2 aliphatic heterocycles. The lowest BCUT2D eigenvalue weighted by Crippen LogP contribution is -2.33. The predicted molar refractivity (Wildman–Crippen MR) is 77.1 cm³/mol. The van der Waals surface area contributed by atoms with Crippen LogP contribution < -0.4 is 5.32 Å². The first-order chi connectivity index (χ1) is 9.42. The molecule has 1 aromatic rings. The lowest BCUT2D eigenvalue weighted by Gasteiger charge is -2.27. The molecule has 0 amide bonds. The fourth-order valence-corrected chi connectivity index (χ4v) is 2.99. The highest BCUT2D eigenvalue weighted by Gasteiger charge is 2.15. The molecule has 2 saturated heterocycles. The van der Waals surface area contributed by atoms with Crippen LogP contribution in [0, 0.1) is 0 Å². The Hall–Kier alpha value is -0.900. The SMILES string of the molecule is c1cc(C2CNCCO2)ccc1CN1CCCCC1. The van der Waals surface area contributed by atoms with E-state index in [2.05, 4.69) is 34.5 Å². The van der Waals surface area contributed by atoms with Crippen LogP contribution in [0.25, 0.3) is 0 Å². The van der Waals surface area contributed by atoms with Crippen LogP contribution in [0.1, 0.15) is 36.5 Å². The first-order valence-electron chi connectivity index (χ1n) is 7.55. The van der Waals surface area contributed by atoms with Crippen molar-refractivity contribution in [2.24, 2.45) is 0 Å². The van der Waals surface area contributed by atoms with Crippen molar-refractivity contribution in [3.05, 3.63) is 35.4 Å². The van der Waals surface area contributed by atoms with E-state index in [0.29, 0.717) is 0 Å². The number of rotatable bonds is 3. The van der Waals surface area contributed by atoms with Crippen molar-refractivity contribution in [3.63, 3.8) is 0 Å². The number of likely N-dealkylation sites (tertiary alicyclic amines) is 1. The highest BCUT2D eigenvalue weighted by Crippen LogP contribution is 2.20. The minimum atomic E-state index is 0.234. The topological polar surface area (TPSA) is 24.5 Å². The summed E-state index contributed by atoms with van der Waals surface area (Å²) in [4.78, 5) is 2.57. The third-order valence-electron chi connectivity index (χ3n) is 4.13. The van der Waals surface area contributed by atoms with Gasteiger partial charge in [0.15, 0.2) is 0 Å². The van der Waals surface area contributed by atoms with Crippen molar-refractivity contribution >= 4 is 0 Å². The van der Waals surface area contributed by atoms with Crippen LogP contribution in [0.3, 0.4) is 0 Å². The van der Waals surface area contributed by atoms with Crippen LogP contribution in [0.2, 0.25) is 0 Å². The Bertz CT molecular complexity index is 378. The van der Waals surface area contributed by atoms with Gasteiger partial charge in [-0.3, -0.25) is 4.90 Å². The van der Waals surface area contributed by atoms with E-state index in [4.69, 9.17) is 4.74 Å². The van der Waals surface area contributed by atoms with Crippen molar-refractivity contribution in [3.8, 4) is 0 Å². The molecule has 104 valence electrons. The number of nitrogens with one attached hydrogen (secondary N) is 1. The molecule has 0 spiro atoms. The molecule has 0 aromatic heterocycles. The van der Waals surface area contributed by atoms with Gasteiger partial charge in [-0.05, 0) is 37.1 Å². The van der Waals surface area contributed by atoms with Crippen molar-refractivity contribution in [1.29, 1.82) is 0 Å². The van der Waals surface area contributed by atoms with Crippen LogP contribution in [0.15, 0.2) is 24.3 Å². The fourth-order valence-electron chi connectivity index (χ4n) is 2.99. The van der Waals surface area contributed by atoms with Gasteiger partial charge in [-0.25, -0.2) is 0 Å². The van der Waals surface area contributed by atoms with Gasteiger partial charge in [0, 0.05) is 19.6 Å². The Kier molecular flexibility index (Phi) is 4.49. The van der Waals surface area contributed by atoms with Gasteiger partial charge in [0.25, 0.3) is 0 Å². The second kappa shape index (κ2) is 6.51. The summed E-state index contributed by atoms with van der Waals surface area (Å²) >= 11 is 0. The van der Waals surface area contributed by atoms with Crippen LogP contribution in [-0.2, 0) is 11.3 Å². The van der Waals surface area contributed by atoms with E-state index in [1.54, 1.807) is 0 Å². The molecule has 1 aromatic carbocycles. The zero-order chi connectivity index (χ0) is 12.9. The van der Waals surface area contributed by atoms with E-state index < -0.39 is 0 Å². The molecule has 19 heavy (non-hydrogen) atoms. The van der Waals surface area contributed by atoms with Crippen molar-refractivity contribution in [2.75, 3.05) is 32.8 Å². The van der Waals surface area contributed by atoms with Crippen molar-refractivity contribution < 1.29 is 4.74 Å². The molecule has 0 aliphatic carbocycles. The standard InChI is InChI=1S/C16H24N2O/c1-2-9-18(10-3-1)13-14-4-6-15(7-5-14)16-12-17-8-11-19-16/h4-7,16-17H,1-3,8-13H2. The smallest absolute Gasteiger partial charge is 0.0949 e. The maximum atomic E-state index is 5.78. The highest BCUT2D eigenvalue weighted by atomic mass is 16.5. The van der Waals surface area contributed by atoms with Gasteiger partial charge in [-0.15, -0.1) is 0 Å². The van der Waals surface area contributed by atoms with E-state index in [-0.39, 0.29) is 6.10 Å². The van der Waals surface area contributed by atoms with Crippen LogP contribution in [0.5, 0.6) is 0 Å². The summed E-state index contributed by atoms with van der Waals surface area (Å²) in [5.74, 6) is 0. The van der Waals surface area contributed by atoms with Gasteiger partial charge < -0.3 is 10.1 Å². The second-order valence-corrected chi connectivity index (χ2v) is 5.64. The molecule has 3 heteroatoms. The second-order valence-electron chi connectivity index (χ2n) is 5.64. The largest absolute Gasteiger partial charge is 0.371 e. The normalized spacial score (nSPS) is 25.4. The van der Waals surface area contributed by atoms with E-state index in [9.17, 15) is 0 Å². The molecule has 0 radical (unpaired) electrons. The summed E-state index contributed by atoms with van der Waals surface area (Å²) in [5.41, 5.74) is 2.73. The fraction of sp³-hybridized carbons (Fsp3) is 0.625. The van der Waals surface area contributed by atoms with Crippen molar-refractivity contribution in [1.82, 2.24) is 10.2 Å². The van der Waals surface area contributed by atoms with Gasteiger partial charge in [-0.1, -0.05) is 30.7 Å². The summed E-state index contributed by atoms with van der Waals surface area (Å²) in [6, 6.07) is 9.00. The maximum Gasteiger partial charge on any atom is 0.0949 e. The average molecular weight is 260 g/mol. The van der Waals surface area contributed by atoms with E-state index in [1.165, 1.54) is 43.5 Å². The first kappa shape index (κ1) is 13.1. The molecule has 3 nitrogen and oxygen atoms in total. The van der Waals surface area contributed by atoms with Crippen LogP contribution >= 0.6 is 0 Å². The Morgan fingerprint density at radius 2 is 1.89 bits per heavy atom. The Labute approximate surface area is 115 Å². The summed E-state index contributed by atoms with van der Waals surface area (Å²) in [7, 11) is 0. The Morgan fingerprint density at radius 3 is 2.58 bits per heavy atom. The van der Waals surface area contributed by atoms with Gasteiger partial charge in [0.1, 0.15) is 0 Å². The molecule has 0 bridgehead atoms. The number of ether oxygens (including phenoxy) is 1. The van der Waals surface area contributed by atoms with Gasteiger partial charge in [0.05, 0.1) is 12.7 Å². The van der Waals surface area contributed by atoms with Crippen LogP contribution in [-0.4, -0.2) is 37.7 Å². The zero-order valence-corrected chi connectivity index (χ0v) is 11.6. The lowest BCUT2D eigenvalue weighted by atomic mass is 10.0. The summed E-state index contributed by atoms with van der Waals surface area (Å²) in [6.07, 6.45) is 4.36. The molecule has 1 N–H and O–H groups in total. The maximum absolute atomic E-state index is 5.78. The first-order valence-corrected chi connectivity index (χ1v) is 7.55. The van der Waals surface area contributed by atoms with Crippen molar-refractivity contribution in [2.45, 2.75) is 31.9 Å². The monoisotopic (exact) mass is 260 g/mol. The number of nitrogens with zero attached hydrogens (tertiary/aromatic N) is 1. The van der Waals surface area contributed by atoms with E-state index in [1.807, 2.05) is 0 Å². The third-order valence-corrected chi connectivity index (χ3v) is 4.13. The molecule has 1 unspecified atom stereocenters. The zero-order valence-electron chi connectivity index (χ0n) is 11.6. The van der Waals surface area contributed by atoms with E-state index >= 15 is 0 Å². The highest BCUT2D eigenvalue weighted by molar-refractivity contribution is 5.24. The molecule has 2 heterocycles. The van der Waals surface area contributed by atoms with Gasteiger partial charge in [-0.2, -0.15) is 0 Å². The Morgan fingerprint density at radius 1 is 1.11 bits per heavy atom. The number of piperidine rings is 1. The van der Waals surface area contributed by atoms with Gasteiger partial charge in [0.2, 0.25) is 0 Å². The molecule has 2 aliphatic rings. The summed E-state index contributed by atoms with van der Waals surface area (Å²) in [5, 5.41) is 3.38. The summed E-state index contributed by atoms with van der Waals surface area (Å²) < 4.78 is 5.78. The van der Waals surface area contributed by atoms with E-state index in [0.717, 1.165) is 26.2 Å². The lowest BCUT2D eigenvalue weighted by molar-refractivity contribution is 0.0277. The molecule has 3 rings (SSSR count). The molecule has 0 saturated carbocycles. The molecule has 1 atom stereocenters. The minimum absolute atomic E-state index is 0.234. The number of morpholine rings is 1. The number of hydrogen-bond acceptors (Lipinski definition) is 3. The Balaban J connectivity index is 1.58. The predicted octanol–water partition coefficient (Wildman–Crippen LogP) is 2.33. The molecular weight excluding hydrogens is 236 g/mol. The number of benzene rings is 1. The molecular formula is C16H24N2O.